The molecule has 2 aromatic heterocycles. The number of aliphatic hydroxyl groups excluding tert-OH is 1. The molecule has 2 aliphatic carbocycles. The molecular weight excluding hydrogens is 349 g/mol. The molecule has 2 fully saturated rings. The maximum Gasteiger partial charge on any atom is 0.165 e. The van der Waals surface area contributed by atoms with Gasteiger partial charge < -0.3 is 15.0 Å². The van der Waals surface area contributed by atoms with Crippen LogP contribution in [0.2, 0.25) is 0 Å². The fraction of sp³-hybridized carbons (Fsp3) is 0.688. The van der Waals surface area contributed by atoms with Gasteiger partial charge in [-0.1, -0.05) is 12.8 Å². The van der Waals surface area contributed by atoms with Gasteiger partial charge in [-0.15, -0.1) is 24.8 Å². The highest BCUT2D eigenvalue weighted by Gasteiger charge is 2.23. The van der Waals surface area contributed by atoms with E-state index in [1.54, 1.807) is 6.33 Å². The third kappa shape index (κ3) is 3.76. The van der Waals surface area contributed by atoms with E-state index in [-0.39, 0.29) is 30.9 Å². The van der Waals surface area contributed by atoms with Crippen molar-refractivity contribution in [1.29, 1.82) is 0 Å². The largest absolute Gasteiger partial charge is 0.393 e. The molecule has 24 heavy (non-hydrogen) atoms. The van der Waals surface area contributed by atoms with Crippen LogP contribution in [0.4, 0.5) is 5.82 Å². The van der Waals surface area contributed by atoms with E-state index in [9.17, 15) is 5.11 Å². The monoisotopic (exact) mass is 373 g/mol. The molecule has 0 bridgehead atoms. The Kier molecular flexibility index (Phi) is 6.66. The molecule has 4 rings (SSSR count). The molecule has 0 radical (unpaired) electrons. The molecule has 0 amide bonds. The van der Waals surface area contributed by atoms with Gasteiger partial charge in [0.05, 0.1) is 12.4 Å². The Hall–Kier alpha value is -1.11. The predicted octanol–water partition coefficient (Wildman–Crippen LogP) is 3.50. The molecule has 0 aliphatic heterocycles. The van der Waals surface area contributed by atoms with E-state index >= 15 is 0 Å². The van der Waals surface area contributed by atoms with Crippen molar-refractivity contribution in [2.24, 2.45) is 0 Å². The van der Waals surface area contributed by atoms with Gasteiger partial charge >= 0.3 is 0 Å². The number of rotatable bonds is 3. The van der Waals surface area contributed by atoms with E-state index in [1.807, 2.05) is 6.33 Å². The number of aliphatic hydroxyl groups is 1. The molecule has 2 aliphatic rings. The van der Waals surface area contributed by atoms with Crippen molar-refractivity contribution in [1.82, 2.24) is 19.5 Å². The molecule has 2 saturated carbocycles. The summed E-state index contributed by atoms with van der Waals surface area (Å²) < 4.78 is 2.22. The highest BCUT2D eigenvalue weighted by molar-refractivity contribution is 5.85. The number of anilines is 1. The molecule has 2 N–H and O–H groups in total. The molecular formula is C16H25Cl2N5O. The minimum absolute atomic E-state index is 0. The van der Waals surface area contributed by atoms with Crippen molar-refractivity contribution in [3.05, 3.63) is 12.7 Å². The van der Waals surface area contributed by atoms with E-state index in [0.29, 0.717) is 12.1 Å². The van der Waals surface area contributed by atoms with Crippen LogP contribution >= 0.6 is 24.8 Å². The fourth-order valence-corrected chi connectivity index (χ4v) is 3.82. The van der Waals surface area contributed by atoms with Gasteiger partial charge in [-0.25, -0.2) is 15.0 Å². The summed E-state index contributed by atoms with van der Waals surface area (Å²) in [5.41, 5.74) is 1.82. The van der Waals surface area contributed by atoms with Crippen LogP contribution in [0.1, 0.15) is 57.4 Å². The first kappa shape index (κ1) is 19.2. The Balaban J connectivity index is 0.00000104. The lowest BCUT2D eigenvalue weighted by Gasteiger charge is -2.26. The predicted molar refractivity (Wildman–Crippen MR) is 99.2 cm³/mol. The smallest absolute Gasteiger partial charge is 0.165 e. The molecule has 0 aromatic carbocycles. The Morgan fingerprint density at radius 1 is 0.958 bits per heavy atom. The number of aromatic nitrogens is 4. The summed E-state index contributed by atoms with van der Waals surface area (Å²) in [6, 6.07) is 0.913. The van der Waals surface area contributed by atoms with Crippen molar-refractivity contribution in [3.63, 3.8) is 0 Å². The Morgan fingerprint density at radius 3 is 2.38 bits per heavy atom. The zero-order valence-electron chi connectivity index (χ0n) is 13.6. The third-order valence-corrected chi connectivity index (χ3v) is 5.11. The van der Waals surface area contributed by atoms with Crippen molar-refractivity contribution in [3.8, 4) is 0 Å². The first-order valence-corrected chi connectivity index (χ1v) is 8.43. The van der Waals surface area contributed by atoms with Crippen LogP contribution in [0.3, 0.4) is 0 Å². The summed E-state index contributed by atoms with van der Waals surface area (Å²) in [4.78, 5) is 13.4. The topological polar surface area (TPSA) is 75.9 Å². The van der Waals surface area contributed by atoms with Crippen LogP contribution in [-0.2, 0) is 0 Å². The minimum Gasteiger partial charge on any atom is -0.393 e. The van der Waals surface area contributed by atoms with E-state index in [2.05, 4.69) is 24.8 Å². The van der Waals surface area contributed by atoms with Gasteiger partial charge in [-0.3, -0.25) is 0 Å². The van der Waals surface area contributed by atoms with E-state index in [4.69, 9.17) is 0 Å². The minimum atomic E-state index is -0.134. The molecule has 2 heterocycles. The summed E-state index contributed by atoms with van der Waals surface area (Å²) in [7, 11) is 0. The molecule has 0 atom stereocenters. The second-order valence-corrected chi connectivity index (χ2v) is 6.63. The lowest BCUT2D eigenvalue weighted by Crippen LogP contribution is -2.28. The van der Waals surface area contributed by atoms with Crippen LogP contribution < -0.4 is 5.32 Å². The Labute approximate surface area is 154 Å². The molecule has 2 aromatic rings. The van der Waals surface area contributed by atoms with Crippen LogP contribution in [0.25, 0.3) is 11.2 Å². The van der Waals surface area contributed by atoms with Gasteiger partial charge in [0.25, 0.3) is 0 Å². The standard InChI is InChI=1S/C16H23N5O.2ClH/c22-13-7-5-11(6-8-13)20-15-14-16(18-9-17-15)21(10-19-14)12-3-1-2-4-12;;/h9-13,22H,1-8H2,(H,17,18,20);2*1H. The molecule has 0 spiro atoms. The highest BCUT2D eigenvalue weighted by Crippen LogP contribution is 2.32. The lowest BCUT2D eigenvalue weighted by atomic mass is 9.93. The van der Waals surface area contributed by atoms with Gasteiger partial charge in [0.2, 0.25) is 0 Å². The van der Waals surface area contributed by atoms with Gasteiger partial charge in [0.15, 0.2) is 11.5 Å². The normalized spacial score (nSPS) is 24.4. The number of imidazole rings is 1. The average molecular weight is 374 g/mol. The van der Waals surface area contributed by atoms with Crippen LogP contribution in [0.15, 0.2) is 12.7 Å². The van der Waals surface area contributed by atoms with Crippen molar-refractivity contribution in [2.45, 2.75) is 69.6 Å². The molecule has 0 unspecified atom stereocenters. The summed E-state index contributed by atoms with van der Waals surface area (Å²) in [5, 5.41) is 13.1. The fourth-order valence-electron chi connectivity index (χ4n) is 3.82. The Morgan fingerprint density at radius 2 is 1.67 bits per heavy atom. The quantitative estimate of drug-likeness (QED) is 0.860. The number of nitrogens with one attached hydrogen (secondary N) is 1. The second kappa shape index (κ2) is 8.32. The van der Waals surface area contributed by atoms with Crippen LogP contribution in [0.5, 0.6) is 0 Å². The van der Waals surface area contributed by atoms with Crippen molar-refractivity contribution < 1.29 is 5.11 Å². The molecule has 6 nitrogen and oxygen atoms in total. The molecule has 134 valence electrons. The summed E-state index contributed by atoms with van der Waals surface area (Å²) in [6.45, 7) is 0. The number of fused-ring (bicyclic) bond motifs is 1. The first-order valence-electron chi connectivity index (χ1n) is 8.43. The van der Waals surface area contributed by atoms with Crippen molar-refractivity contribution >= 4 is 41.8 Å². The van der Waals surface area contributed by atoms with Gasteiger partial charge in [0, 0.05) is 12.1 Å². The number of hydrogen-bond donors (Lipinski definition) is 2. The second-order valence-electron chi connectivity index (χ2n) is 6.63. The number of hydrogen-bond acceptors (Lipinski definition) is 5. The van der Waals surface area contributed by atoms with Crippen molar-refractivity contribution in [2.75, 3.05) is 5.32 Å². The summed E-state index contributed by atoms with van der Waals surface area (Å²) in [5.74, 6) is 0.836. The summed E-state index contributed by atoms with van der Waals surface area (Å²) >= 11 is 0. The SMILES string of the molecule is Cl.Cl.OC1CCC(Nc2ncnc3c2ncn3C2CCCC2)CC1. The molecule has 8 heteroatoms. The average Bonchev–Trinajstić information content (AvgIpc) is 3.18. The van der Waals surface area contributed by atoms with E-state index < -0.39 is 0 Å². The maximum atomic E-state index is 9.62. The third-order valence-electron chi connectivity index (χ3n) is 5.11. The lowest BCUT2D eigenvalue weighted by molar-refractivity contribution is 0.126. The van der Waals surface area contributed by atoms with E-state index in [0.717, 1.165) is 42.7 Å². The molecule has 0 saturated heterocycles. The summed E-state index contributed by atoms with van der Waals surface area (Å²) in [6.07, 6.45) is 12.1. The van der Waals surface area contributed by atoms with Crippen LogP contribution in [0, 0.1) is 0 Å². The van der Waals surface area contributed by atoms with Gasteiger partial charge in [0.1, 0.15) is 11.8 Å². The zero-order valence-corrected chi connectivity index (χ0v) is 15.2. The first-order chi connectivity index (χ1) is 10.8. The number of halogens is 2. The Bertz CT molecular complexity index is 651. The zero-order chi connectivity index (χ0) is 14.9. The van der Waals surface area contributed by atoms with Gasteiger partial charge in [-0.05, 0) is 38.5 Å². The maximum absolute atomic E-state index is 9.62. The van der Waals surface area contributed by atoms with Gasteiger partial charge in [-0.2, -0.15) is 0 Å². The number of nitrogens with zero attached hydrogens (tertiary/aromatic N) is 4. The van der Waals surface area contributed by atoms with E-state index in [1.165, 1.54) is 25.7 Å². The van der Waals surface area contributed by atoms with Crippen LogP contribution in [-0.4, -0.2) is 36.8 Å². The highest BCUT2D eigenvalue weighted by atomic mass is 35.5.